The number of hydrogen-bond acceptors (Lipinski definition) is 1. The van der Waals surface area contributed by atoms with Gasteiger partial charge in [-0.15, -0.1) is 0 Å². The van der Waals surface area contributed by atoms with Crippen LogP contribution in [0.3, 0.4) is 0 Å². The summed E-state index contributed by atoms with van der Waals surface area (Å²) in [6.07, 6.45) is 3.21. The lowest BCUT2D eigenvalue weighted by Gasteiger charge is -2.03. The molecule has 0 saturated carbocycles. The number of pyridine rings is 1. The van der Waals surface area contributed by atoms with Gasteiger partial charge in [0.2, 0.25) is 0 Å². The maximum Gasteiger partial charge on any atom is 0.127 e. The first-order valence-corrected chi connectivity index (χ1v) is 3.96. The molecule has 0 bridgehead atoms. The summed E-state index contributed by atoms with van der Waals surface area (Å²) in [5.74, 6) is 0. The molecule has 0 aliphatic rings. The predicted octanol–water partition coefficient (Wildman–Crippen LogP) is 1.43. The van der Waals surface area contributed by atoms with E-state index in [0.29, 0.717) is 0 Å². The van der Waals surface area contributed by atoms with Crippen molar-refractivity contribution in [2.24, 2.45) is 4.99 Å². The standard InChI is InChI=1S/C9H14N2/c1-3-7-11-8-5-4-6-9(11)10-2/h4-6,8H,3,7H2,1-2H3. The van der Waals surface area contributed by atoms with Gasteiger partial charge in [-0.2, -0.15) is 0 Å². The molecule has 1 aromatic heterocycles. The van der Waals surface area contributed by atoms with Crippen molar-refractivity contribution in [1.82, 2.24) is 4.57 Å². The molecule has 11 heavy (non-hydrogen) atoms. The molecule has 2 heteroatoms. The summed E-state index contributed by atoms with van der Waals surface area (Å²) in [5.41, 5.74) is 1.05. The van der Waals surface area contributed by atoms with Gasteiger partial charge in [0.15, 0.2) is 0 Å². The highest BCUT2D eigenvalue weighted by atomic mass is 15.0. The van der Waals surface area contributed by atoms with Crippen molar-refractivity contribution in [3.63, 3.8) is 0 Å². The van der Waals surface area contributed by atoms with Gasteiger partial charge in [0, 0.05) is 19.8 Å². The first kappa shape index (κ1) is 8.05. The Balaban J connectivity index is 3.03. The molecule has 0 amide bonds. The van der Waals surface area contributed by atoms with E-state index in [1.54, 1.807) is 0 Å². The second kappa shape index (κ2) is 3.96. The van der Waals surface area contributed by atoms with Crippen molar-refractivity contribution in [3.8, 4) is 0 Å². The van der Waals surface area contributed by atoms with Crippen LogP contribution in [0.15, 0.2) is 29.4 Å². The Bertz CT molecular complexity index is 273. The minimum atomic E-state index is 1.05. The zero-order chi connectivity index (χ0) is 8.10. The van der Waals surface area contributed by atoms with Gasteiger partial charge < -0.3 is 4.57 Å². The molecule has 1 aromatic rings. The lowest BCUT2D eigenvalue weighted by atomic mass is 10.4. The molecular formula is C9H14N2. The molecule has 0 N–H and O–H groups in total. The molecule has 0 aliphatic carbocycles. The average Bonchev–Trinajstić information content (AvgIpc) is 2.06. The van der Waals surface area contributed by atoms with Gasteiger partial charge in [-0.25, -0.2) is 0 Å². The number of aryl methyl sites for hydroxylation is 1. The third-order valence-corrected chi connectivity index (χ3v) is 1.61. The van der Waals surface area contributed by atoms with Crippen molar-refractivity contribution >= 4 is 0 Å². The maximum atomic E-state index is 4.15. The monoisotopic (exact) mass is 150 g/mol. The normalized spacial score (nSPS) is 12.0. The maximum absolute atomic E-state index is 4.15. The Kier molecular flexibility index (Phi) is 2.90. The van der Waals surface area contributed by atoms with E-state index in [1.807, 2.05) is 25.2 Å². The van der Waals surface area contributed by atoms with Gasteiger partial charge >= 0.3 is 0 Å². The molecular weight excluding hydrogens is 136 g/mol. The predicted molar refractivity (Wildman–Crippen MR) is 46.2 cm³/mol. The van der Waals surface area contributed by atoms with Crippen LogP contribution < -0.4 is 5.49 Å². The highest BCUT2D eigenvalue weighted by Crippen LogP contribution is 1.85. The molecule has 1 rings (SSSR count). The molecule has 0 atom stereocenters. The second-order valence-electron chi connectivity index (χ2n) is 2.48. The van der Waals surface area contributed by atoms with Crippen LogP contribution in [0.2, 0.25) is 0 Å². The lowest BCUT2D eigenvalue weighted by molar-refractivity contribution is 0.642. The zero-order valence-electron chi connectivity index (χ0n) is 7.12. The molecule has 0 aromatic carbocycles. The Hall–Kier alpha value is -1.05. The van der Waals surface area contributed by atoms with E-state index in [-0.39, 0.29) is 0 Å². The third kappa shape index (κ3) is 1.93. The van der Waals surface area contributed by atoms with Crippen LogP contribution in [0, 0.1) is 0 Å². The van der Waals surface area contributed by atoms with Crippen molar-refractivity contribution in [3.05, 3.63) is 29.9 Å². The molecule has 0 radical (unpaired) electrons. The van der Waals surface area contributed by atoms with Crippen LogP contribution >= 0.6 is 0 Å². The van der Waals surface area contributed by atoms with E-state index in [0.717, 1.165) is 18.5 Å². The minimum absolute atomic E-state index is 1.05. The number of hydrogen-bond donors (Lipinski definition) is 0. The van der Waals surface area contributed by atoms with Gasteiger partial charge in [-0.3, -0.25) is 4.99 Å². The van der Waals surface area contributed by atoms with E-state index >= 15 is 0 Å². The van der Waals surface area contributed by atoms with E-state index in [2.05, 4.69) is 22.7 Å². The summed E-state index contributed by atoms with van der Waals surface area (Å²) in [7, 11) is 1.82. The van der Waals surface area contributed by atoms with Gasteiger partial charge in [-0.1, -0.05) is 13.0 Å². The van der Waals surface area contributed by atoms with Crippen molar-refractivity contribution in [1.29, 1.82) is 0 Å². The Morgan fingerprint density at radius 1 is 1.45 bits per heavy atom. The highest BCUT2D eigenvalue weighted by Gasteiger charge is 1.86. The summed E-state index contributed by atoms with van der Waals surface area (Å²) < 4.78 is 2.15. The number of rotatable bonds is 2. The van der Waals surface area contributed by atoms with Crippen LogP contribution in [0.4, 0.5) is 0 Å². The largest absolute Gasteiger partial charge is 0.333 e. The topological polar surface area (TPSA) is 17.3 Å². The Morgan fingerprint density at radius 3 is 2.91 bits per heavy atom. The first-order valence-electron chi connectivity index (χ1n) is 3.96. The Labute approximate surface area is 67.2 Å². The van der Waals surface area contributed by atoms with Gasteiger partial charge in [0.05, 0.1) is 0 Å². The van der Waals surface area contributed by atoms with Crippen molar-refractivity contribution in [2.45, 2.75) is 19.9 Å². The van der Waals surface area contributed by atoms with Gasteiger partial charge in [0.1, 0.15) is 5.49 Å². The van der Waals surface area contributed by atoms with E-state index < -0.39 is 0 Å². The smallest absolute Gasteiger partial charge is 0.127 e. The molecule has 0 fully saturated rings. The van der Waals surface area contributed by atoms with Gasteiger partial charge in [-0.05, 0) is 18.6 Å². The quantitative estimate of drug-likeness (QED) is 0.607. The van der Waals surface area contributed by atoms with E-state index in [1.165, 1.54) is 0 Å². The zero-order valence-corrected chi connectivity index (χ0v) is 7.12. The molecule has 0 saturated heterocycles. The SMILES string of the molecule is CCCn1ccccc1=NC. The van der Waals surface area contributed by atoms with Crippen LogP contribution in [0.25, 0.3) is 0 Å². The summed E-state index contributed by atoms with van der Waals surface area (Å²) in [5, 5.41) is 0. The fraction of sp³-hybridized carbons (Fsp3) is 0.444. The average molecular weight is 150 g/mol. The first-order chi connectivity index (χ1) is 5.38. The molecule has 60 valence electrons. The van der Waals surface area contributed by atoms with Crippen LogP contribution in [-0.2, 0) is 6.54 Å². The fourth-order valence-electron chi connectivity index (χ4n) is 1.10. The van der Waals surface area contributed by atoms with Gasteiger partial charge in [0.25, 0.3) is 0 Å². The van der Waals surface area contributed by atoms with Crippen LogP contribution in [0.5, 0.6) is 0 Å². The lowest BCUT2D eigenvalue weighted by Crippen LogP contribution is -2.18. The van der Waals surface area contributed by atoms with Crippen LogP contribution in [-0.4, -0.2) is 11.6 Å². The fourth-order valence-corrected chi connectivity index (χ4v) is 1.10. The highest BCUT2D eigenvalue weighted by molar-refractivity contribution is 4.92. The Morgan fingerprint density at radius 2 is 2.27 bits per heavy atom. The van der Waals surface area contributed by atoms with Crippen molar-refractivity contribution in [2.75, 3.05) is 7.05 Å². The molecule has 1 heterocycles. The summed E-state index contributed by atoms with van der Waals surface area (Å²) >= 11 is 0. The molecule has 0 unspecified atom stereocenters. The molecule has 0 aliphatic heterocycles. The summed E-state index contributed by atoms with van der Waals surface area (Å²) in [4.78, 5) is 4.15. The number of nitrogens with zero attached hydrogens (tertiary/aromatic N) is 2. The second-order valence-corrected chi connectivity index (χ2v) is 2.48. The van der Waals surface area contributed by atoms with Crippen LogP contribution in [0.1, 0.15) is 13.3 Å². The van der Waals surface area contributed by atoms with E-state index in [9.17, 15) is 0 Å². The molecule has 0 spiro atoms. The summed E-state index contributed by atoms with van der Waals surface area (Å²) in [6.45, 7) is 3.22. The van der Waals surface area contributed by atoms with Crippen molar-refractivity contribution < 1.29 is 0 Å². The summed E-state index contributed by atoms with van der Waals surface area (Å²) in [6, 6.07) is 6.06. The molecule has 2 nitrogen and oxygen atoms in total. The number of aromatic nitrogens is 1. The van der Waals surface area contributed by atoms with E-state index in [4.69, 9.17) is 0 Å². The third-order valence-electron chi connectivity index (χ3n) is 1.61. The minimum Gasteiger partial charge on any atom is -0.333 e.